The third kappa shape index (κ3) is 5.52. The minimum Gasteiger partial charge on any atom is -0.497 e. The van der Waals surface area contributed by atoms with E-state index in [1.165, 1.54) is 0 Å². The number of hydrogen-bond acceptors (Lipinski definition) is 6. The van der Waals surface area contributed by atoms with Crippen molar-refractivity contribution in [1.82, 2.24) is 25.2 Å². The summed E-state index contributed by atoms with van der Waals surface area (Å²) in [5.41, 5.74) is 2.78. The molecule has 3 heterocycles. The maximum Gasteiger partial charge on any atom is 0.254 e. The zero-order valence-electron chi connectivity index (χ0n) is 18.8. The van der Waals surface area contributed by atoms with Crippen LogP contribution in [0.25, 0.3) is 0 Å². The second-order valence-electron chi connectivity index (χ2n) is 8.08. The molecule has 3 aromatic rings. The van der Waals surface area contributed by atoms with Gasteiger partial charge in [-0.1, -0.05) is 18.2 Å². The third-order valence-electron chi connectivity index (χ3n) is 5.79. The second kappa shape index (κ2) is 10.2. The fourth-order valence-electron chi connectivity index (χ4n) is 3.93. The number of carbonyl (C=O) groups excluding carboxylic acids is 2. The van der Waals surface area contributed by atoms with Crippen LogP contribution < -0.4 is 10.1 Å². The number of carbonyl (C=O) groups is 2. The number of amides is 2. The SMILES string of the molecule is COc1cccc(CNC(=O)c2cnc([C@H]3CCN(C(=O)Cc4ccccn4)C3)nc2C)c1. The van der Waals surface area contributed by atoms with E-state index in [1.54, 1.807) is 19.5 Å². The molecule has 1 atom stereocenters. The molecule has 1 aliphatic heterocycles. The standard InChI is InChI=1S/C25H27N5O3/c1-17-22(25(32)28-14-18-6-5-8-21(12-18)33-2)15-27-24(29-17)19-9-11-30(16-19)23(31)13-20-7-3-4-10-26-20/h3-8,10,12,15,19H,9,11,13-14,16H2,1-2H3,(H,28,32)/t19-/m0/s1. The molecule has 1 N–H and O–H groups in total. The van der Waals surface area contributed by atoms with E-state index in [0.29, 0.717) is 43.1 Å². The number of nitrogens with zero attached hydrogens (tertiary/aromatic N) is 4. The highest BCUT2D eigenvalue weighted by Crippen LogP contribution is 2.25. The average molecular weight is 446 g/mol. The van der Waals surface area contributed by atoms with E-state index in [-0.39, 0.29) is 17.7 Å². The van der Waals surface area contributed by atoms with Crippen LogP contribution in [0, 0.1) is 6.92 Å². The number of methoxy groups -OCH3 is 1. The topological polar surface area (TPSA) is 97.3 Å². The molecule has 1 aromatic carbocycles. The van der Waals surface area contributed by atoms with Gasteiger partial charge in [-0.3, -0.25) is 14.6 Å². The molecule has 33 heavy (non-hydrogen) atoms. The molecule has 2 amide bonds. The van der Waals surface area contributed by atoms with Gasteiger partial charge in [0.25, 0.3) is 5.91 Å². The number of ether oxygens (including phenoxy) is 1. The Morgan fingerprint density at radius 1 is 1.18 bits per heavy atom. The van der Waals surface area contributed by atoms with Crippen LogP contribution in [-0.2, 0) is 17.8 Å². The van der Waals surface area contributed by atoms with Crippen molar-refractivity contribution in [2.75, 3.05) is 20.2 Å². The molecule has 0 bridgehead atoms. The molecule has 170 valence electrons. The van der Waals surface area contributed by atoms with Gasteiger partial charge in [0.05, 0.1) is 24.8 Å². The van der Waals surface area contributed by atoms with Gasteiger partial charge in [-0.15, -0.1) is 0 Å². The summed E-state index contributed by atoms with van der Waals surface area (Å²) in [5.74, 6) is 1.31. The van der Waals surface area contributed by atoms with E-state index in [0.717, 1.165) is 23.4 Å². The van der Waals surface area contributed by atoms with Crippen molar-refractivity contribution in [1.29, 1.82) is 0 Å². The molecule has 8 heteroatoms. The monoisotopic (exact) mass is 445 g/mol. The maximum absolute atomic E-state index is 12.7. The summed E-state index contributed by atoms with van der Waals surface area (Å²) in [7, 11) is 1.61. The highest BCUT2D eigenvalue weighted by atomic mass is 16.5. The summed E-state index contributed by atoms with van der Waals surface area (Å²) in [4.78, 5) is 40.4. The summed E-state index contributed by atoms with van der Waals surface area (Å²) in [6, 6.07) is 13.1. The summed E-state index contributed by atoms with van der Waals surface area (Å²) in [6.45, 7) is 3.44. The summed E-state index contributed by atoms with van der Waals surface area (Å²) in [5, 5.41) is 2.91. The zero-order valence-corrected chi connectivity index (χ0v) is 18.8. The van der Waals surface area contributed by atoms with E-state index in [4.69, 9.17) is 4.74 Å². The van der Waals surface area contributed by atoms with Crippen LogP contribution in [0.1, 0.15) is 45.5 Å². The summed E-state index contributed by atoms with van der Waals surface area (Å²) in [6.07, 6.45) is 4.37. The average Bonchev–Trinajstić information content (AvgIpc) is 3.34. The molecule has 8 nitrogen and oxygen atoms in total. The van der Waals surface area contributed by atoms with Gasteiger partial charge in [0, 0.05) is 43.6 Å². The first-order valence-corrected chi connectivity index (χ1v) is 11.0. The Morgan fingerprint density at radius 2 is 2.06 bits per heavy atom. The molecule has 4 rings (SSSR count). The largest absolute Gasteiger partial charge is 0.497 e. The highest BCUT2D eigenvalue weighted by molar-refractivity contribution is 5.94. The fourth-order valence-corrected chi connectivity index (χ4v) is 3.93. The molecule has 0 spiro atoms. The smallest absolute Gasteiger partial charge is 0.254 e. The molecule has 1 aliphatic rings. The lowest BCUT2D eigenvalue weighted by Gasteiger charge is -2.16. The van der Waals surface area contributed by atoms with Crippen LogP contribution in [0.5, 0.6) is 5.75 Å². The maximum atomic E-state index is 12.7. The predicted molar refractivity (Wildman–Crippen MR) is 123 cm³/mol. The Hall–Kier alpha value is -3.81. The number of benzene rings is 1. The molecule has 1 fully saturated rings. The van der Waals surface area contributed by atoms with Crippen molar-refractivity contribution in [2.45, 2.75) is 32.2 Å². The fraction of sp³-hybridized carbons (Fsp3) is 0.320. The summed E-state index contributed by atoms with van der Waals surface area (Å²) < 4.78 is 5.22. The minimum atomic E-state index is -0.222. The Labute approximate surface area is 193 Å². The Morgan fingerprint density at radius 3 is 2.82 bits per heavy atom. The van der Waals surface area contributed by atoms with Gasteiger partial charge >= 0.3 is 0 Å². The molecule has 0 saturated carbocycles. The number of aromatic nitrogens is 3. The number of aryl methyl sites for hydroxylation is 1. The van der Waals surface area contributed by atoms with Gasteiger partial charge in [0.2, 0.25) is 5.91 Å². The second-order valence-corrected chi connectivity index (χ2v) is 8.08. The Kier molecular flexibility index (Phi) is 6.92. The lowest BCUT2D eigenvalue weighted by atomic mass is 10.1. The number of rotatable bonds is 7. The van der Waals surface area contributed by atoms with Gasteiger partial charge in [0.1, 0.15) is 11.6 Å². The van der Waals surface area contributed by atoms with Crippen molar-refractivity contribution in [3.63, 3.8) is 0 Å². The molecule has 0 radical (unpaired) electrons. The van der Waals surface area contributed by atoms with Crippen LogP contribution >= 0.6 is 0 Å². The first-order chi connectivity index (χ1) is 16.0. The van der Waals surface area contributed by atoms with Gasteiger partial charge in [-0.2, -0.15) is 0 Å². The van der Waals surface area contributed by atoms with Crippen LogP contribution in [0.15, 0.2) is 54.9 Å². The molecule has 1 saturated heterocycles. The number of likely N-dealkylation sites (tertiary alicyclic amines) is 1. The first-order valence-electron chi connectivity index (χ1n) is 11.0. The Bertz CT molecular complexity index is 1140. The lowest BCUT2D eigenvalue weighted by Crippen LogP contribution is -2.30. The van der Waals surface area contributed by atoms with Crippen molar-refractivity contribution in [2.24, 2.45) is 0 Å². The zero-order chi connectivity index (χ0) is 23.2. The molecule has 0 unspecified atom stereocenters. The normalized spacial score (nSPS) is 15.3. The van der Waals surface area contributed by atoms with E-state index in [1.807, 2.05) is 54.3 Å². The number of nitrogens with one attached hydrogen (secondary N) is 1. The first kappa shape index (κ1) is 22.4. The molecule has 2 aromatic heterocycles. The van der Waals surface area contributed by atoms with Crippen LogP contribution in [0.3, 0.4) is 0 Å². The van der Waals surface area contributed by atoms with Crippen molar-refractivity contribution >= 4 is 11.8 Å². The van der Waals surface area contributed by atoms with E-state index >= 15 is 0 Å². The van der Waals surface area contributed by atoms with Crippen molar-refractivity contribution in [3.05, 3.63) is 83.2 Å². The Balaban J connectivity index is 1.35. The number of hydrogen-bond donors (Lipinski definition) is 1. The number of pyridine rings is 1. The van der Waals surface area contributed by atoms with Gasteiger partial charge in [-0.25, -0.2) is 9.97 Å². The minimum absolute atomic E-state index is 0.0569. The molecular formula is C25H27N5O3. The lowest BCUT2D eigenvalue weighted by molar-refractivity contribution is -0.129. The predicted octanol–water partition coefficient (Wildman–Crippen LogP) is 2.68. The van der Waals surface area contributed by atoms with E-state index in [9.17, 15) is 9.59 Å². The van der Waals surface area contributed by atoms with Gasteiger partial charge < -0.3 is 15.0 Å². The van der Waals surface area contributed by atoms with Crippen LogP contribution in [0.2, 0.25) is 0 Å². The summed E-state index contributed by atoms with van der Waals surface area (Å²) >= 11 is 0. The van der Waals surface area contributed by atoms with Crippen molar-refractivity contribution < 1.29 is 14.3 Å². The van der Waals surface area contributed by atoms with Gasteiger partial charge in [0.15, 0.2) is 0 Å². The highest BCUT2D eigenvalue weighted by Gasteiger charge is 2.29. The van der Waals surface area contributed by atoms with Crippen LogP contribution in [-0.4, -0.2) is 51.9 Å². The van der Waals surface area contributed by atoms with Crippen LogP contribution in [0.4, 0.5) is 0 Å². The van der Waals surface area contributed by atoms with E-state index in [2.05, 4.69) is 20.3 Å². The third-order valence-corrected chi connectivity index (χ3v) is 5.79. The molecule has 0 aliphatic carbocycles. The van der Waals surface area contributed by atoms with Gasteiger partial charge in [-0.05, 0) is 43.2 Å². The quantitative estimate of drug-likeness (QED) is 0.601. The van der Waals surface area contributed by atoms with E-state index < -0.39 is 0 Å². The van der Waals surface area contributed by atoms with Crippen molar-refractivity contribution in [3.8, 4) is 5.75 Å². The molecular weight excluding hydrogens is 418 g/mol.